The second-order valence-corrected chi connectivity index (χ2v) is 3.96. The molecular weight excluding hydrogens is 189 g/mol. The zero-order chi connectivity index (χ0) is 11.3. The molecule has 0 aliphatic carbocycles. The molecule has 1 N–H and O–H groups in total. The minimum absolute atomic E-state index is 0.188. The van der Waals surface area contributed by atoms with Crippen LogP contribution in [0.3, 0.4) is 0 Å². The van der Waals surface area contributed by atoms with Crippen molar-refractivity contribution in [3.63, 3.8) is 0 Å². The summed E-state index contributed by atoms with van der Waals surface area (Å²) < 4.78 is 12.7. The Morgan fingerprint density at radius 3 is 2.40 bits per heavy atom. The predicted octanol–water partition coefficient (Wildman–Crippen LogP) is 3.08. The fourth-order valence-electron chi connectivity index (χ4n) is 1.40. The third-order valence-electron chi connectivity index (χ3n) is 2.34. The first-order valence-electron chi connectivity index (χ1n) is 5.24. The Morgan fingerprint density at radius 2 is 1.93 bits per heavy atom. The summed E-state index contributed by atoms with van der Waals surface area (Å²) in [6.45, 7) is 5.19. The standard InChI is InChI=1S/C13H18FN/c1-10(2)12(9-15-3)8-11-4-6-13(14)7-5-11/h4-8,10,15H,9H2,1-3H3. The number of nitrogens with one attached hydrogen (secondary N) is 1. The van der Waals surface area contributed by atoms with Crippen molar-refractivity contribution in [3.8, 4) is 0 Å². The predicted molar refractivity (Wildman–Crippen MR) is 63.1 cm³/mol. The molecule has 15 heavy (non-hydrogen) atoms. The SMILES string of the molecule is CNCC(=Cc1ccc(F)cc1)C(C)C. The fourth-order valence-corrected chi connectivity index (χ4v) is 1.40. The number of benzene rings is 1. The van der Waals surface area contributed by atoms with Gasteiger partial charge in [-0.05, 0) is 30.7 Å². The van der Waals surface area contributed by atoms with Crippen molar-refractivity contribution in [1.82, 2.24) is 5.32 Å². The van der Waals surface area contributed by atoms with Gasteiger partial charge >= 0.3 is 0 Å². The van der Waals surface area contributed by atoms with E-state index in [2.05, 4.69) is 25.2 Å². The maximum Gasteiger partial charge on any atom is 0.123 e. The van der Waals surface area contributed by atoms with Crippen molar-refractivity contribution in [2.24, 2.45) is 5.92 Å². The van der Waals surface area contributed by atoms with Gasteiger partial charge in [-0.3, -0.25) is 0 Å². The second kappa shape index (κ2) is 5.66. The van der Waals surface area contributed by atoms with Gasteiger partial charge in [-0.25, -0.2) is 4.39 Å². The van der Waals surface area contributed by atoms with E-state index in [1.54, 1.807) is 12.1 Å². The number of hydrogen-bond donors (Lipinski definition) is 1. The Morgan fingerprint density at radius 1 is 1.33 bits per heavy atom. The molecule has 0 aliphatic heterocycles. The van der Waals surface area contributed by atoms with Crippen LogP contribution in [0.15, 0.2) is 29.8 Å². The number of hydrogen-bond acceptors (Lipinski definition) is 1. The zero-order valence-electron chi connectivity index (χ0n) is 9.55. The molecule has 0 spiro atoms. The van der Waals surface area contributed by atoms with Crippen LogP contribution in [0.5, 0.6) is 0 Å². The lowest BCUT2D eigenvalue weighted by molar-refractivity contribution is 0.627. The zero-order valence-corrected chi connectivity index (χ0v) is 9.55. The van der Waals surface area contributed by atoms with Gasteiger partial charge in [-0.1, -0.05) is 37.6 Å². The van der Waals surface area contributed by atoms with Gasteiger partial charge in [-0.2, -0.15) is 0 Å². The second-order valence-electron chi connectivity index (χ2n) is 3.96. The average molecular weight is 207 g/mol. The van der Waals surface area contributed by atoms with Crippen molar-refractivity contribution >= 4 is 6.08 Å². The van der Waals surface area contributed by atoms with Gasteiger partial charge in [-0.15, -0.1) is 0 Å². The molecule has 0 unspecified atom stereocenters. The lowest BCUT2D eigenvalue weighted by atomic mass is 10.0. The minimum Gasteiger partial charge on any atom is -0.316 e. The third-order valence-corrected chi connectivity index (χ3v) is 2.34. The number of likely N-dealkylation sites (N-methyl/N-ethyl adjacent to an activating group) is 1. The summed E-state index contributed by atoms with van der Waals surface area (Å²) in [6, 6.07) is 6.58. The van der Waals surface area contributed by atoms with Gasteiger partial charge in [0, 0.05) is 6.54 Å². The molecule has 82 valence electrons. The topological polar surface area (TPSA) is 12.0 Å². The molecule has 1 rings (SSSR count). The highest BCUT2D eigenvalue weighted by Crippen LogP contribution is 2.14. The van der Waals surface area contributed by atoms with E-state index in [4.69, 9.17) is 0 Å². The summed E-state index contributed by atoms with van der Waals surface area (Å²) in [4.78, 5) is 0. The highest BCUT2D eigenvalue weighted by Gasteiger charge is 2.02. The van der Waals surface area contributed by atoms with Gasteiger partial charge in [0.05, 0.1) is 0 Å². The molecule has 0 saturated heterocycles. The van der Waals surface area contributed by atoms with Crippen LogP contribution in [0.2, 0.25) is 0 Å². The minimum atomic E-state index is -0.188. The molecule has 0 heterocycles. The Balaban J connectivity index is 2.86. The lowest BCUT2D eigenvalue weighted by Crippen LogP contribution is -2.13. The summed E-state index contributed by atoms with van der Waals surface area (Å²) >= 11 is 0. The molecule has 0 amide bonds. The average Bonchev–Trinajstić information content (AvgIpc) is 2.20. The van der Waals surface area contributed by atoms with Crippen molar-refractivity contribution in [1.29, 1.82) is 0 Å². The Hall–Kier alpha value is -1.15. The van der Waals surface area contributed by atoms with Gasteiger partial charge in [0.1, 0.15) is 5.82 Å². The first-order chi connectivity index (χ1) is 7.13. The van der Waals surface area contributed by atoms with E-state index in [9.17, 15) is 4.39 Å². The number of halogens is 1. The largest absolute Gasteiger partial charge is 0.316 e. The van der Waals surface area contributed by atoms with Crippen LogP contribution in [0.4, 0.5) is 4.39 Å². The molecule has 0 bridgehead atoms. The summed E-state index contributed by atoms with van der Waals surface area (Å²) in [7, 11) is 1.93. The van der Waals surface area contributed by atoms with Crippen molar-refractivity contribution in [3.05, 3.63) is 41.2 Å². The van der Waals surface area contributed by atoms with E-state index < -0.39 is 0 Å². The summed E-state index contributed by atoms with van der Waals surface area (Å²) in [5.41, 5.74) is 2.37. The molecule has 0 radical (unpaired) electrons. The lowest BCUT2D eigenvalue weighted by Gasteiger charge is -2.10. The van der Waals surface area contributed by atoms with Crippen LogP contribution in [0, 0.1) is 11.7 Å². The van der Waals surface area contributed by atoms with Crippen molar-refractivity contribution < 1.29 is 4.39 Å². The maximum atomic E-state index is 12.7. The van der Waals surface area contributed by atoms with E-state index in [1.807, 2.05) is 7.05 Å². The number of rotatable bonds is 4. The molecule has 1 aromatic rings. The molecule has 0 aliphatic rings. The summed E-state index contributed by atoms with van der Waals surface area (Å²) in [6.07, 6.45) is 2.11. The highest BCUT2D eigenvalue weighted by atomic mass is 19.1. The molecule has 0 atom stereocenters. The summed E-state index contributed by atoms with van der Waals surface area (Å²) in [5.74, 6) is 0.314. The van der Waals surface area contributed by atoms with E-state index in [-0.39, 0.29) is 5.82 Å². The molecule has 1 aromatic carbocycles. The molecule has 0 fully saturated rings. The molecule has 1 nitrogen and oxygen atoms in total. The molecular formula is C13H18FN. The quantitative estimate of drug-likeness (QED) is 0.800. The van der Waals surface area contributed by atoms with Crippen LogP contribution < -0.4 is 5.32 Å². The molecule has 0 saturated carbocycles. The van der Waals surface area contributed by atoms with Crippen LogP contribution in [0.25, 0.3) is 6.08 Å². The van der Waals surface area contributed by atoms with Crippen LogP contribution in [-0.2, 0) is 0 Å². The van der Waals surface area contributed by atoms with Gasteiger partial charge in [0.2, 0.25) is 0 Å². The van der Waals surface area contributed by atoms with Crippen molar-refractivity contribution in [2.45, 2.75) is 13.8 Å². The monoisotopic (exact) mass is 207 g/mol. The van der Waals surface area contributed by atoms with E-state index in [1.165, 1.54) is 17.7 Å². The van der Waals surface area contributed by atoms with Crippen LogP contribution in [0.1, 0.15) is 19.4 Å². The maximum absolute atomic E-state index is 12.7. The normalized spacial score (nSPS) is 12.2. The third kappa shape index (κ3) is 3.84. The molecule has 2 heteroatoms. The smallest absolute Gasteiger partial charge is 0.123 e. The summed E-state index contributed by atoms with van der Waals surface area (Å²) in [5, 5.41) is 3.14. The molecule has 0 aromatic heterocycles. The first-order valence-corrected chi connectivity index (χ1v) is 5.24. The Labute approximate surface area is 91.0 Å². The van der Waals surface area contributed by atoms with Crippen LogP contribution >= 0.6 is 0 Å². The Kier molecular flexibility index (Phi) is 4.50. The van der Waals surface area contributed by atoms with Crippen molar-refractivity contribution in [2.75, 3.05) is 13.6 Å². The van der Waals surface area contributed by atoms with E-state index in [0.29, 0.717) is 5.92 Å². The van der Waals surface area contributed by atoms with E-state index in [0.717, 1.165) is 12.1 Å². The fraction of sp³-hybridized carbons (Fsp3) is 0.385. The van der Waals surface area contributed by atoms with Crippen LogP contribution in [-0.4, -0.2) is 13.6 Å². The highest BCUT2D eigenvalue weighted by molar-refractivity contribution is 5.53. The van der Waals surface area contributed by atoms with E-state index >= 15 is 0 Å². The van der Waals surface area contributed by atoms with Gasteiger partial charge < -0.3 is 5.32 Å². The first kappa shape index (κ1) is 11.9. The van der Waals surface area contributed by atoms with Gasteiger partial charge in [0.15, 0.2) is 0 Å². The van der Waals surface area contributed by atoms with Gasteiger partial charge in [0.25, 0.3) is 0 Å². The Bertz CT molecular complexity index is 325.